The van der Waals surface area contributed by atoms with Crippen LogP contribution < -0.4 is 4.74 Å². The number of phenolic OH excluding ortho intramolecular Hbond substituents is 1. The van der Waals surface area contributed by atoms with E-state index in [0.717, 1.165) is 5.56 Å². The highest BCUT2D eigenvalue weighted by molar-refractivity contribution is 8.18. The van der Waals surface area contributed by atoms with E-state index < -0.39 is 0 Å². The maximum absolute atomic E-state index is 12.0. The molecule has 0 atom stereocenters. The third-order valence-electron chi connectivity index (χ3n) is 2.78. The number of ether oxygens (including phenoxy) is 1. The Balaban J connectivity index is 2.32. The van der Waals surface area contributed by atoms with Gasteiger partial charge in [-0.2, -0.15) is 0 Å². The lowest BCUT2D eigenvalue weighted by atomic mass is 10.2. The van der Waals surface area contributed by atoms with Crippen molar-refractivity contribution in [3.8, 4) is 11.5 Å². The van der Waals surface area contributed by atoms with E-state index in [1.807, 2.05) is 6.92 Å². The van der Waals surface area contributed by atoms with Gasteiger partial charge in [-0.1, -0.05) is 6.07 Å². The molecule has 1 aromatic rings. The minimum absolute atomic E-state index is 0.0818. The first-order chi connectivity index (χ1) is 9.56. The fraction of sp³-hybridized carbons (Fsp3) is 0.286. The predicted molar refractivity (Wildman–Crippen MR) is 81.0 cm³/mol. The number of amidine groups is 1. The number of aliphatic imine (C=N–C) groups is 1. The number of benzene rings is 1. The molecule has 1 fully saturated rings. The van der Waals surface area contributed by atoms with E-state index in [1.54, 1.807) is 38.4 Å². The zero-order chi connectivity index (χ0) is 14.7. The quantitative estimate of drug-likeness (QED) is 0.869. The van der Waals surface area contributed by atoms with E-state index in [0.29, 0.717) is 22.4 Å². The molecule has 0 radical (unpaired) electrons. The number of hydrogen-bond acceptors (Lipinski definition) is 5. The third-order valence-corrected chi connectivity index (χ3v) is 3.93. The minimum Gasteiger partial charge on any atom is -0.504 e. The van der Waals surface area contributed by atoms with Crippen LogP contribution in [-0.4, -0.2) is 41.8 Å². The minimum atomic E-state index is -0.0818. The average molecular weight is 292 g/mol. The van der Waals surface area contributed by atoms with Crippen LogP contribution in [0.4, 0.5) is 0 Å². The largest absolute Gasteiger partial charge is 0.504 e. The van der Waals surface area contributed by atoms with Gasteiger partial charge in [0.05, 0.1) is 11.5 Å². The Bertz CT molecular complexity index is 596. The first-order valence-electron chi connectivity index (χ1n) is 6.17. The van der Waals surface area contributed by atoms with Crippen LogP contribution in [0.2, 0.25) is 0 Å². The van der Waals surface area contributed by atoms with Crippen LogP contribution in [-0.2, 0) is 4.79 Å². The Morgan fingerprint density at radius 3 is 2.85 bits per heavy atom. The maximum Gasteiger partial charge on any atom is 0.266 e. The van der Waals surface area contributed by atoms with Crippen LogP contribution in [0.3, 0.4) is 0 Å². The summed E-state index contributed by atoms with van der Waals surface area (Å²) in [7, 11) is 3.35. The van der Waals surface area contributed by atoms with Crippen molar-refractivity contribution in [1.82, 2.24) is 4.90 Å². The summed E-state index contributed by atoms with van der Waals surface area (Å²) in [5, 5.41) is 10.3. The molecule has 1 heterocycles. The molecule has 0 aromatic heterocycles. The summed E-state index contributed by atoms with van der Waals surface area (Å²) >= 11 is 1.33. The Kier molecular flexibility index (Phi) is 4.34. The number of carbonyl (C=O) groups excluding carboxylic acids is 1. The SMILES string of the molecule is CCOc1cc(/C=C2/SC(=NC)N(C)C2=O)ccc1O. The van der Waals surface area contributed by atoms with Crippen molar-refractivity contribution < 1.29 is 14.6 Å². The number of carbonyl (C=O) groups is 1. The summed E-state index contributed by atoms with van der Waals surface area (Å²) in [6, 6.07) is 5.00. The Hall–Kier alpha value is -1.95. The number of rotatable bonds is 3. The van der Waals surface area contributed by atoms with E-state index >= 15 is 0 Å². The molecule has 1 aliphatic rings. The van der Waals surface area contributed by atoms with Crippen LogP contribution in [0.1, 0.15) is 12.5 Å². The van der Waals surface area contributed by atoms with Crippen LogP contribution in [0.15, 0.2) is 28.1 Å². The van der Waals surface area contributed by atoms with Gasteiger partial charge in [-0.05, 0) is 42.5 Å². The maximum atomic E-state index is 12.0. The molecule has 0 bridgehead atoms. The highest BCUT2D eigenvalue weighted by Gasteiger charge is 2.29. The number of likely N-dealkylation sites (N-methyl/N-ethyl adjacent to an activating group) is 1. The van der Waals surface area contributed by atoms with E-state index in [4.69, 9.17) is 4.74 Å². The molecular formula is C14H16N2O3S. The second kappa shape index (κ2) is 6.00. The first-order valence-corrected chi connectivity index (χ1v) is 6.98. The van der Waals surface area contributed by atoms with Crippen molar-refractivity contribution in [2.75, 3.05) is 20.7 Å². The van der Waals surface area contributed by atoms with Gasteiger partial charge in [0.1, 0.15) is 0 Å². The van der Waals surface area contributed by atoms with Gasteiger partial charge in [0, 0.05) is 14.1 Å². The molecule has 0 unspecified atom stereocenters. The Morgan fingerprint density at radius 1 is 1.50 bits per heavy atom. The molecule has 0 saturated carbocycles. The van der Waals surface area contributed by atoms with Crippen LogP contribution in [0, 0.1) is 0 Å². The van der Waals surface area contributed by atoms with Gasteiger partial charge < -0.3 is 9.84 Å². The van der Waals surface area contributed by atoms with Crippen molar-refractivity contribution in [2.24, 2.45) is 4.99 Å². The lowest BCUT2D eigenvalue weighted by molar-refractivity contribution is -0.121. The second-order valence-electron chi connectivity index (χ2n) is 4.14. The number of aromatic hydroxyl groups is 1. The molecule has 0 spiro atoms. The monoisotopic (exact) mass is 292 g/mol. The number of amides is 1. The molecule has 1 aromatic carbocycles. The molecule has 1 saturated heterocycles. The fourth-order valence-electron chi connectivity index (χ4n) is 1.79. The summed E-state index contributed by atoms with van der Waals surface area (Å²) < 4.78 is 5.33. The zero-order valence-electron chi connectivity index (χ0n) is 11.6. The van der Waals surface area contributed by atoms with E-state index in [9.17, 15) is 9.90 Å². The van der Waals surface area contributed by atoms with Gasteiger partial charge >= 0.3 is 0 Å². The second-order valence-corrected chi connectivity index (χ2v) is 5.15. The van der Waals surface area contributed by atoms with Gasteiger partial charge in [0.25, 0.3) is 5.91 Å². The average Bonchev–Trinajstić information content (AvgIpc) is 2.70. The van der Waals surface area contributed by atoms with Gasteiger partial charge in [-0.3, -0.25) is 14.7 Å². The van der Waals surface area contributed by atoms with E-state index in [2.05, 4.69) is 4.99 Å². The number of thioether (sulfide) groups is 1. The van der Waals surface area contributed by atoms with Gasteiger partial charge in [0.15, 0.2) is 16.7 Å². The zero-order valence-corrected chi connectivity index (χ0v) is 12.4. The summed E-state index contributed by atoms with van der Waals surface area (Å²) in [6.45, 7) is 2.32. The number of hydrogen-bond donors (Lipinski definition) is 1. The third kappa shape index (κ3) is 2.80. The van der Waals surface area contributed by atoms with Crippen LogP contribution >= 0.6 is 11.8 Å². The van der Waals surface area contributed by atoms with Crippen molar-refractivity contribution >= 4 is 28.9 Å². The highest BCUT2D eigenvalue weighted by Crippen LogP contribution is 2.33. The molecule has 1 N–H and O–H groups in total. The van der Waals surface area contributed by atoms with Crippen LogP contribution in [0.25, 0.3) is 6.08 Å². The van der Waals surface area contributed by atoms with E-state index in [-0.39, 0.29) is 11.7 Å². The molecular weight excluding hydrogens is 276 g/mol. The lowest BCUT2D eigenvalue weighted by Crippen LogP contribution is -2.23. The Labute approximate surface area is 122 Å². The first kappa shape index (κ1) is 14.5. The Morgan fingerprint density at radius 2 is 2.25 bits per heavy atom. The lowest BCUT2D eigenvalue weighted by Gasteiger charge is -2.06. The van der Waals surface area contributed by atoms with Gasteiger partial charge in [0.2, 0.25) is 0 Å². The molecule has 5 nitrogen and oxygen atoms in total. The van der Waals surface area contributed by atoms with Crippen molar-refractivity contribution in [1.29, 1.82) is 0 Å². The smallest absolute Gasteiger partial charge is 0.266 e. The van der Waals surface area contributed by atoms with Crippen molar-refractivity contribution in [3.05, 3.63) is 28.7 Å². The fourth-order valence-corrected chi connectivity index (χ4v) is 2.72. The molecule has 6 heteroatoms. The predicted octanol–water partition coefficient (Wildman–Crippen LogP) is 2.32. The standard InChI is InChI=1S/C14H16N2O3S/c1-4-19-11-7-9(5-6-10(11)17)8-12-13(18)16(3)14(15-2)20-12/h5-8,17H,4H2,1-3H3/b12-8+,15-14?. The summed E-state index contributed by atoms with van der Waals surface area (Å²) in [5.74, 6) is 0.420. The van der Waals surface area contributed by atoms with Gasteiger partial charge in [-0.25, -0.2) is 0 Å². The molecule has 2 rings (SSSR count). The molecule has 1 aliphatic heterocycles. The molecule has 106 valence electrons. The molecule has 20 heavy (non-hydrogen) atoms. The summed E-state index contributed by atoms with van der Waals surface area (Å²) in [5.41, 5.74) is 0.799. The van der Waals surface area contributed by atoms with Gasteiger partial charge in [-0.15, -0.1) is 0 Å². The topological polar surface area (TPSA) is 62.1 Å². The summed E-state index contributed by atoms with van der Waals surface area (Å²) in [6.07, 6.45) is 1.77. The van der Waals surface area contributed by atoms with Crippen molar-refractivity contribution in [3.63, 3.8) is 0 Å². The highest BCUT2D eigenvalue weighted by atomic mass is 32.2. The number of phenols is 1. The van der Waals surface area contributed by atoms with Crippen LogP contribution in [0.5, 0.6) is 11.5 Å². The van der Waals surface area contributed by atoms with Crippen molar-refractivity contribution in [2.45, 2.75) is 6.92 Å². The summed E-state index contributed by atoms with van der Waals surface area (Å²) in [4.78, 5) is 18.2. The van der Waals surface area contributed by atoms with E-state index in [1.165, 1.54) is 16.7 Å². The number of nitrogens with zero attached hydrogens (tertiary/aromatic N) is 2. The normalized spacial score (nSPS) is 19.1. The molecule has 0 aliphatic carbocycles. The molecule has 1 amide bonds.